The number of hydrogen-bond acceptors (Lipinski definition) is 3. The average molecular weight is 336 g/mol. The van der Waals surface area contributed by atoms with Gasteiger partial charge in [0, 0.05) is 20.0 Å². The van der Waals surface area contributed by atoms with Gasteiger partial charge in [-0.25, -0.2) is 17.5 Å². The first-order valence-corrected chi connectivity index (χ1v) is 8.47. The number of anilines is 1. The summed E-state index contributed by atoms with van der Waals surface area (Å²) < 4.78 is 40.4. The van der Waals surface area contributed by atoms with Gasteiger partial charge in [0.05, 0.1) is 10.6 Å². The minimum Gasteiger partial charge on any atom is -0.309 e. The first kappa shape index (κ1) is 17.1. The molecule has 0 fully saturated rings. The zero-order chi connectivity index (χ0) is 16.9. The minimum atomic E-state index is -3.66. The molecule has 0 atom stereocenters. The molecule has 1 amide bonds. The fourth-order valence-corrected chi connectivity index (χ4v) is 3.14. The quantitative estimate of drug-likeness (QED) is 0.879. The summed E-state index contributed by atoms with van der Waals surface area (Å²) in [6, 6.07) is 13.8. The van der Waals surface area contributed by atoms with Crippen LogP contribution in [0.4, 0.5) is 10.1 Å². The summed E-state index contributed by atoms with van der Waals surface area (Å²) in [5.41, 5.74) is 0.124. The first-order valence-electron chi connectivity index (χ1n) is 6.99. The number of hydrogen-bond donors (Lipinski definition) is 1. The van der Waals surface area contributed by atoms with Crippen LogP contribution in [-0.4, -0.2) is 27.4 Å². The van der Waals surface area contributed by atoms with Crippen molar-refractivity contribution in [2.75, 3.05) is 18.0 Å². The number of halogens is 1. The van der Waals surface area contributed by atoms with Gasteiger partial charge in [-0.05, 0) is 24.3 Å². The molecule has 0 saturated carbocycles. The summed E-state index contributed by atoms with van der Waals surface area (Å²) in [6.45, 7) is 1.31. The van der Waals surface area contributed by atoms with Gasteiger partial charge in [-0.3, -0.25) is 4.79 Å². The van der Waals surface area contributed by atoms with Crippen molar-refractivity contribution in [3.63, 3.8) is 0 Å². The van der Waals surface area contributed by atoms with Crippen molar-refractivity contribution in [3.05, 3.63) is 60.4 Å². The number of sulfonamides is 1. The number of carbonyl (C=O) groups excluding carboxylic acids is 1. The molecule has 23 heavy (non-hydrogen) atoms. The van der Waals surface area contributed by atoms with Crippen LogP contribution in [0, 0.1) is 5.82 Å². The standard InChI is InChI=1S/C16H17FN2O3S/c1-13(20)19(16-10-6-5-9-15(16)17)12-11-18-23(21,22)14-7-3-2-4-8-14/h2-10,18H,11-12H2,1H3. The monoisotopic (exact) mass is 336 g/mol. The smallest absolute Gasteiger partial charge is 0.240 e. The van der Waals surface area contributed by atoms with Crippen molar-refractivity contribution < 1.29 is 17.6 Å². The molecule has 2 aromatic rings. The average Bonchev–Trinajstić information content (AvgIpc) is 2.53. The number of carbonyl (C=O) groups is 1. The Morgan fingerprint density at radius 2 is 1.70 bits per heavy atom. The fourth-order valence-electron chi connectivity index (χ4n) is 2.09. The molecule has 2 rings (SSSR count). The molecular weight excluding hydrogens is 319 g/mol. The minimum absolute atomic E-state index is 0.0227. The second-order valence-electron chi connectivity index (χ2n) is 4.83. The Hall–Kier alpha value is -2.25. The van der Waals surface area contributed by atoms with Gasteiger partial charge in [-0.15, -0.1) is 0 Å². The molecule has 122 valence electrons. The maximum Gasteiger partial charge on any atom is 0.240 e. The Balaban J connectivity index is 2.06. The molecule has 0 bridgehead atoms. The molecule has 7 heteroatoms. The number of rotatable bonds is 6. The molecule has 0 aliphatic heterocycles. The maximum atomic E-state index is 13.8. The predicted octanol–water partition coefficient (Wildman–Crippen LogP) is 2.16. The summed E-state index contributed by atoms with van der Waals surface area (Å²) in [4.78, 5) is 13.0. The summed E-state index contributed by atoms with van der Waals surface area (Å²) in [5, 5.41) is 0. The first-order chi connectivity index (χ1) is 10.9. The van der Waals surface area contributed by atoms with Crippen molar-refractivity contribution in [2.45, 2.75) is 11.8 Å². The van der Waals surface area contributed by atoms with E-state index in [1.807, 2.05) is 0 Å². The van der Waals surface area contributed by atoms with E-state index in [-0.39, 0.29) is 29.6 Å². The predicted molar refractivity (Wildman–Crippen MR) is 86.1 cm³/mol. The topological polar surface area (TPSA) is 66.5 Å². The van der Waals surface area contributed by atoms with Crippen LogP contribution in [0.2, 0.25) is 0 Å². The van der Waals surface area contributed by atoms with E-state index in [4.69, 9.17) is 0 Å². The van der Waals surface area contributed by atoms with Gasteiger partial charge >= 0.3 is 0 Å². The molecule has 0 aliphatic rings. The van der Waals surface area contributed by atoms with E-state index in [2.05, 4.69) is 4.72 Å². The fraction of sp³-hybridized carbons (Fsp3) is 0.188. The van der Waals surface area contributed by atoms with Crippen LogP contribution in [0.1, 0.15) is 6.92 Å². The van der Waals surface area contributed by atoms with Crippen molar-refractivity contribution >= 4 is 21.6 Å². The normalized spacial score (nSPS) is 11.2. The molecule has 0 unspecified atom stereocenters. The number of nitrogens with one attached hydrogen (secondary N) is 1. The van der Waals surface area contributed by atoms with Gasteiger partial charge in [-0.1, -0.05) is 30.3 Å². The van der Waals surface area contributed by atoms with Crippen LogP contribution >= 0.6 is 0 Å². The van der Waals surface area contributed by atoms with Crippen molar-refractivity contribution in [2.24, 2.45) is 0 Å². The highest BCUT2D eigenvalue weighted by Crippen LogP contribution is 2.18. The lowest BCUT2D eigenvalue weighted by Gasteiger charge is -2.21. The van der Waals surface area contributed by atoms with Crippen LogP contribution in [0.25, 0.3) is 0 Å². The molecular formula is C16H17FN2O3S. The number of para-hydroxylation sites is 1. The highest BCUT2D eigenvalue weighted by atomic mass is 32.2. The van der Waals surface area contributed by atoms with Crippen LogP contribution in [0.15, 0.2) is 59.5 Å². The number of amides is 1. The molecule has 2 aromatic carbocycles. The Morgan fingerprint density at radius 1 is 1.09 bits per heavy atom. The third-order valence-corrected chi connectivity index (χ3v) is 4.68. The second kappa shape index (κ2) is 7.34. The van der Waals surface area contributed by atoms with Crippen LogP contribution in [0.5, 0.6) is 0 Å². The molecule has 0 spiro atoms. The van der Waals surface area contributed by atoms with Gasteiger partial charge in [-0.2, -0.15) is 0 Å². The summed E-state index contributed by atoms with van der Waals surface area (Å²) in [7, 11) is -3.66. The SMILES string of the molecule is CC(=O)N(CCNS(=O)(=O)c1ccccc1)c1ccccc1F. The molecule has 0 heterocycles. The summed E-state index contributed by atoms with van der Waals surface area (Å²) >= 11 is 0. The zero-order valence-corrected chi connectivity index (χ0v) is 13.4. The number of nitrogens with zero attached hydrogens (tertiary/aromatic N) is 1. The van der Waals surface area contributed by atoms with E-state index in [0.717, 1.165) is 0 Å². The van der Waals surface area contributed by atoms with Gasteiger partial charge in [0.1, 0.15) is 5.82 Å². The molecule has 0 radical (unpaired) electrons. The van der Waals surface area contributed by atoms with Crippen molar-refractivity contribution in [1.82, 2.24) is 4.72 Å². The summed E-state index contributed by atoms with van der Waals surface area (Å²) in [6.07, 6.45) is 0. The molecule has 0 aromatic heterocycles. The lowest BCUT2D eigenvalue weighted by molar-refractivity contribution is -0.116. The van der Waals surface area contributed by atoms with Gasteiger partial charge in [0.15, 0.2) is 0 Å². The summed E-state index contributed by atoms with van der Waals surface area (Å²) in [5.74, 6) is -0.900. The zero-order valence-electron chi connectivity index (χ0n) is 12.6. The Morgan fingerprint density at radius 3 is 2.30 bits per heavy atom. The van der Waals surface area contributed by atoms with E-state index in [0.29, 0.717) is 0 Å². The molecule has 0 saturated heterocycles. The Bertz CT molecular complexity index is 779. The molecule has 5 nitrogen and oxygen atoms in total. The molecule has 0 aliphatic carbocycles. The van der Waals surface area contributed by atoms with E-state index in [1.165, 1.54) is 42.2 Å². The highest BCUT2D eigenvalue weighted by molar-refractivity contribution is 7.89. The third kappa shape index (κ3) is 4.37. The molecule has 1 N–H and O–H groups in total. The lowest BCUT2D eigenvalue weighted by Crippen LogP contribution is -2.38. The van der Waals surface area contributed by atoms with Gasteiger partial charge in [0.25, 0.3) is 0 Å². The lowest BCUT2D eigenvalue weighted by atomic mass is 10.2. The van der Waals surface area contributed by atoms with Crippen molar-refractivity contribution in [1.29, 1.82) is 0 Å². The van der Waals surface area contributed by atoms with E-state index < -0.39 is 15.8 Å². The van der Waals surface area contributed by atoms with Gasteiger partial charge in [0.2, 0.25) is 15.9 Å². The number of benzene rings is 2. The van der Waals surface area contributed by atoms with E-state index in [9.17, 15) is 17.6 Å². The highest BCUT2D eigenvalue weighted by Gasteiger charge is 2.17. The maximum absolute atomic E-state index is 13.8. The Labute approximate surface area is 134 Å². The van der Waals surface area contributed by atoms with Crippen LogP contribution in [0.3, 0.4) is 0 Å². The van der Waals surface area contributed by atoms with E-state index in [1.54, 1.807) is 24.3 Å². The van der Waals surface area contributed by atoms with Crippen LogP contribution in [-0.2, 0) is 14.8 Å². The van der Waals surface area contributed by atoms with Crippen molar-refractivity contribution in [3.8, 4) is 0 Å². The van der Waals surface area contributed by atoms with Gasteiger partial charge < -0.3 is 4.90 Å². The Kier molecular flexibility index (Phi) is 5.46. The second-order valence-corrected chi connectivity index (χ2v) is 6.60. The largest absolute Gasteiger partial charge is 0.309 e. The third-order valence-electron chi connectivity index (χ3n) is 3.20. The van der Waals surface area contributed by atoms with E-state index >= 15 is 0 Å². The van der Waals surface area contributed by atoms with Crippen LogP contribution < -0.4 is 9.62 Å².